The van der Waals surface area contributed by atoms with E-state index in [1.165, 1.54) is 0 Å². The van der Waals surface area contributed by atoms with Crippen molar-refractivity contribution in [2.75, 3.05) is 29.9 Å². The molecule has 1 aromatic rings. The third-order valence-electron chi connectivity index (χ3n) is 4.41. The standard InChI is InChI=1S/C16H23N3O2/c1-10-8-17-9-11(2)19(10)13-5-6-14-15(7-13)21-12(3)16(20)18(14)4/h5-7,10-12,17H,8-9H2,1-4H3. The molecule has 21 heavy (non-hydrogen) atoms. The maximum Gasteiger partial charge on any atom is 0.267 e. The molecule has 2 heterocycles. The van der Waals surface area contributed by atoms with E-state index in [-0.39, 0.29) is 5.91 Å². The number of benzene rings is 1. The first-order chi connectivity index (χ1) is 9.99. The van der Waals surface area contributed by atoms with Crippen LogP contribution >= 0.6 is 0 Å². The van der Waals surface area contributed by atoms with E-state index in [2.05, 4.69) is 36.2 Å². The largest absolute Gasteiger partial charge is 0.479 e. The Labute approximate surface area is 125 Å². The summed E-state index contributed by atoms with van der Waals surface area (Å²) < 4.78 is 5.78. The highest BCUT2D eigenvalue weighted by molar-refractivity contribution is 5.99. The van der Waals surface area contributed by atoms with Crippen LogP contribution in [0.25, 0.3) is 0 Å². The lowest BCUT2D eigenvalue weighted by Crippen LogP contribution is -2.55. The van der Waals surface area contributed by atoms with Gasteiger partial charge in [-0.3, -0.25) is 4.79 Å². The minimum absolute atomic E-state index is 0.000779. The predicted molar refractivity (Wildman–Crippen MR) is 84.2 cm³/mol. The van der Waals surface area contributed by atoms with Crippen LogP contribution in [0.1, 0.15) is 20.8 Å². The molecule has 1 fully saturated rings. The Kier molecular flexibility index (Phi) is 3.53. The van der Waals surface area contributed by atoms with Crippen molar-refractivity contribution in [1.29, 1.82) is 0 Å². The Morgan fingerprint density at radius 1 is 1.19 bits per heavy atom. The van der Waals surface area contributed by atoms with Crippen molar-refractivity contribution in [1.82, 2.24) is 5.32 Å². The summed E-state index contributed by atoms with van der Waals surface area (Å²) in [5.41, 5.74) is 2.00. The smallest absolute Gasteiger partial charge is 0.267 e. The van der Waals surface area contributed by atoms with Gasteiger partial charge in [0.25, 0.3) is 5.91 Å². The molecule has 0 bridgehead atoms. The van der Waals surface area contributed by atoms with Gasteiger partial charge in [0.15, 0.2) is 6.10 Å². The van der Waals surface area contributed by atoms with E-state index in [1.54, 1.807) is 18.9 Å². The summed E-state index contributed by atoms with van der Waals surface area (Å²) in [6.45, 7) is 8.21. The van der Waals surface area contributed by atoms with Crippen LogP contribution < -0.4 is 19.9 Å². The third kappa shape index (κ3) is 2.35. The SMILES string of the molecule is CC1Oc2cc(N3C(C)CNCC3C)ccc2N(C)C1=O. The molecule has 5 nitrogen and oxygen atoms in total. The number of hydrogen-bond acceptors (Lipinski definition) is 4. The van der Waals surface area contributed by atoms with Crippen LogP contribution in [0, 0.1) is 0 Å². The molecule has 3 unspecified atom stereocenters. The predicted octanol–water partition coefficient (Wildman–Crippen LogP) is 1.62. The van der Waals surface area contributed by atoms with Gasteiger partial charge in [0.1, 0.15) is 5.75 Å². The number of rotatable bonds is 1. The molecule has 2 aliphatic heterocycles. The molecular formula is C16H23N3O2. The molecule has 2 aliphatic rings. The molecule has 1 N–H and O–H groups in total. The van der Waals surface area contributed by atoms with Crippen molar-refractivity contribution in [3.63, 3.8) is 0 Å². The van der Waals surface area contributed by atoms with Gasteiger partial charge in [-0.2, -0.15) is 0 Å². The number of anilines is 2. The van der Waals surface area contributed by atoms with E-state index in [0.717, 1.165) is 30.2 Å². The molecular weight excluding hydrogens is 266 g/mol. The van der Waals surface area contributed by atoms with Crippen molar-refractivity contribution >= 4 is 17.3 Å². The maximum atomic E-state index is 12.0. The number of nitrogens with one attached hydrogen (secondary N) is 1. The first kappa shape index (κ1) is 14.2. The lowest BCUT2D eigenvalue weighted by molar-refractivity contribution is -0.125. The fraction of sp³-hybridized carbons (Fsp3) is 0.562. The highest BCUT2D eigenvalue weighted by Crippen LogP contribution is 2.37. The number of hydrogen-bond donors (Lipinski definition) is 1. The van der Waals surface area contributed by atoms with Gasteiger partial charge >= 0.3 is 0 Å². The van der Waals surface area contributed by atoms with Gasteiger partial charge in [-0.15, -0.1) is 0 Å². The van der Waals surface area contributed by atoms with E-state index >= 15 is 0 Å². The van der Waals surface area contributed by atoms with Crippen molar-refractivity contribution in [3.8, 4) is 5.75 Å². The molecule has 0 spiro atoms. The van der Waals surface area contributed by atoms with Crippen LogP contribution in [-0.4, -0.2) is 44.2 Å². The minimum atomic E-state index is -0.421. The van der Waals surface area contributed by atoms with Gasteiger partial charge < -0.3 is 19.9 Å². The average molecular weight is 289 g/mol. The highest BCUT2D eigenvalue weighted by atomic mass is 16.5. The number of carbonyl (C=O) groups is 1. The van der Waals surface area contributed by atoms with Crippen LogP contribution in [-0.2, 0) is 4.79 Å². The van der Waals surface area contributed by atoms with Gasteiger partial charge in [0.2, 0.25) is 0 Å². The lowest BCUT2D eigenvalue weighted by Gasteiger charge is -2.42. The van der Waals surface area contributed by atoms with Crippen LogP contribution in [0.2, 0.25) is 0 Å². The summed E-state index contributed by atoms with van der Waals surface area (Å²) in [6, 6.07) is 7.00. The second-order valence-electron chi connectivity index (χ2n) is 6.07. The quantitative estimate of drug-likeness (QED) is 0.853. The number of carbonyl (C=O) groups excluding carboxylic acids is 1. The second kappa shape index (κ2) is 5.22. The number of fused-ring (bicyclic) bond motifs is 1. The van der Waals surface area contributed by atoms with Crippen LogP contribution in [0.15, 0.2) is 18.2 Å². The number of nitrogens with zero attached hydrogens (tertiary/aromatic N) is 2. The first-order valence-electron chi connectivity index (χ1n) is 7.56. The van der Waals surface area contributed by atoms with Crippen molar-refractivity contribution in [2.45, 2.75) is 39.0 Å². The van der Waals surface area contributed by atoms with Crippen molar-refractivity contribution in [3.05, 3.63) is 18.2 Å². The summed E-state index contributed by atoms with van der Waals surface area (Å²) >= 11 is 0. The number of ether oxygens (including phenoxy) is 1. The Morgan fingerprint density at radius 2 is 1.86 bits per heavy atom. The second-order valence-corrected chi connectivity index (χ2v) is 6.07. The average Bonchev–Trinajstić information content (AvgIpc) is 2.44. The molecule has 114 valence electrons. The Bertz CT molecular complexity index is 550. The van der Waals surface area contributed by atoms with E-state index in [0.29, 0.717) is 12.1 Å². The lowest BCUT2D eigenvalue weighted by atomic mass is 10.1. The van der Waals surface area contributed by atoms with E-state index in [4.69, 9.17) is 4.74 Å². The summed E-state index contributed by atoms with van der Waals surface area (Å²) in [6.07, 6.45) is -0.421. The third-order valence-corrected chi connectivity index (χ3v) is 4.41. The summed E-state index contributed by atoms with van der Waals surface area (Å²) in [5, 5.41) is 3.44. The van der Waals surface area contributed by atoms with Crippen molar-refractivity contribution < 1.29 is 9.53 Å². The van der Waals surface area contributed by atoms with Crippen LogP contribution in [0.5, 0.6) is 5.75 Å². The highest BCUT2D eigenvalue weighted by Gasteiger charge is 2.31. The zero-order valence-electron chi connectivity index (χ0n) is 13.1. The van der Waals surface area contributed by atoms with Gasteiger partial charge in [0, 0.05) is 44.0 Å². The molecule has 3 atom stereocenters. The van der Waals surface area contributed by atoms with Gasteiger partial charge in [-0.05, 0) is 32.9 Å². The van der Waals surface area contributed by atoms with Crippen LogP contribution in [0.4, 0.5) is 11.4 Å². The molecule has 0 aliphatic carbocycles. The molecule has 1 aromatic carbocycles. The fourth-order valence-corrected chi connectivity index (χ4v) is 3.31. The van der Waals surface area contributed by atoms with E-state index in [9.17, 15) is 4.79 Å². The monoisotopic (exact) mass is 289 g/mol. The van der Waals surface area contributed by atoms with Crippen LogP contribution in [0.3, 0.4) is 0 Å². The van der Waals surface area contributed by atoms with Crippen molar-refractivity contribution in [2.24, 2.45) is 0 Å². The molecule has 1 saturated heterocycles. The Balaban J connectivity index is 1.96. The molecule has 3 rings (SSSR count). The summed E-state index contributed by atoms with van der Waals surface area (Å²) in [4.78, 5) is 16.1. The Morgan fingerprint density at radius 3 is 2.52 bits per heavy atom. The molecule has 0 saturated carbocycles. The summed E-state index contributed by atoms with van der Waals surface area (Å²) in [7, 11) is 1.80. The number of piperazine rings is 1. The minimum Gasteiger partial charge on any atom is -0.479 e. The number of amides is 1. The van der Waals surface area contributed by atoms with Gasteiger partial charge in [-0.1, -0.05) is 0 Å². The normalized spacial score (nSPS) is 29.1. The molecule has 1 amide bonds. The maximum absolute atomic E-state index is 12.0. The van der Waals surface area contributed by atoms with Gasteiger partial charge in [0.05, 0.1) is 5.69 Å². The van der Waals surface area contributed by atoms with Gasteiger partial charge in [-0.25, -0.2) is 0 Å². The van der Waals surface area contributed by atoms with E-state index in [1.807, 2.05) is 6.07 Å². The van der Waals surface area contributed by atoms with E-state index < -0.39 is 6.10 Å². The summed E-state index contributed by atoms with van der Waals surface area (Å²) in [5.74, 6) is 0.791. The molecule has 5 heteroatoms. The molecule has 0 radical (unpaired) electrons. The fourth-order valence-electron chi connectivity index (χ4n) is 3.31. The zero-order valence-corrected chi connectivity index (χ0v) is 13.1. The topological polar surface area (TPSA) is 44.8 Å². The zero-order chi connectivity index (χ0) is 15.1. The first-order valence-corrected chi connectivity index (χ1v) is 7.56. The molecule has 0 aromatic heterocycles. The number of likely N-dealkylation sites (N-methyl/N-ethyl adjacent to an activating group) is 1. The Hall–Kier alpha value is -1.75.